The normalized spacial score (nSPS) is 12.3. The molecule has 0 atom stereocenters. The van der Waals surface area contributed by atoms with Crippen molar-refractivity contribution >= 4 is 22.0 Å². The number of urea groups is 1. The molecular weight excluding hydrogens is 286 g/mol. The Morgan fingerprint density at radius 3 is 2.10 bits per heavy atom. The molecule has 0 aliphatic heterocycles. The minimum Gasteiger partial charge on any atom is -0.480 e. The van der Waals surface area contributed by atoms with E-state index in [1.165, 1.54) is 27.9 Å². The van der Waals surface area contributed by atoms with Gasteiger partial charge in [0.05, 0.1) is 5.75 Å². The van der Waals surface area contributed by atoms with Crippen LogP contribution in [-0.2, 0) is 14.8 Å². The third-order valence-corrected chi connectivity index (χ3v) is 4.78. The molecule has 0 fully saturated rings. The third kappa shape index (κ3) is 4.64. The largest absolute Gasteiger partial charge is 0.480 e. The maximum absolute atomic E-state index is 11.9. The summed E-state index contributed by atoms with van der Waals surface area (Å²) in [5, 5.41) is 11.5. The second-order valence-electron chi connectivity index (χ2n) is 4.94. The maximum Gasteiger partial charge on any atom is 0.329 e. The summed E-state index contributed by atoms with van der Waals surface area (Å²) in [4.78, 5) is 24.2. The molecule has 0 saturated carbocycles. The molecule has 9 heteroatoms. The van der Waals surface area contributed by atoms with Gasteiger partial charge in [-0.05, 0) is 20.8 Å². The van der Waals surface area contributed by atoms with Gasteiger partial charge in [0.1, 0.15) is 5.54 Å². The maximum atomic E-state index is 11.9. The number of carbonyl (C=O) groups excluding carboxylic acids is 1. The molecule has 0 aromatic heterocycles. The van der Waals surface area contributed by atoms with Gasteiger partial charge in [-0.3, -0.25) is 0 Å². The molecule has 20 heavy (non-hydrogen) atoms. The van der Waals surface area contributed by atoms with Crippen LogP contribution in [0.3, 0.4) is 0 Å². The highest BCUT2D eigenvalue weighted by atomic mass is 32.2. The summed E-state index contributed by atoms with van der Waals surface area (Å²) in [6.07, 6.45) is 0. The molecule has 0 radical (unpaired) electrons. The van der Waals surface area contributed by atoms with Crippen LogP contribution in [-0.4, -0.2) is 73.2 Å². The number of carboxylic acid groups (broad SMARTS) is 1. The van der Waals surface area contributed by atoms with Crippen molar-refractivity contribution in [1.82, 2.24) is 14.5 Å². The summed E-state index contributed by atoms with van der Waals surface area (Å²) in [5.41, 5.74) is -1.36. The third-order valence-electron chi connectivity index (χ3n) is 2.95. The Morgan fingerprint density at radius 2 is 1.75 bits per heavy atom. The average Bonchev–Trinajstić information content (AvgIpc) is 2.28. The van der Waals surface area contributed by atoms with E-state index in [1.54, 1.807) is 6.92 Å². The Bertz CT molecular complexity index is 459. The first-order valence-electron chi connectivity index (χ1n) is 6.15. The second-order valence-corrected chi connectivity index (χ2v) is 7.24. The number of nitrogens with zero attached hydrogens (tertiary/aromatic N) is 2. The summed E-state index contributed by atoms with van der Waals surface area (Å²) in [7, 11) is -0.583. The molecule has 0 rings (SSSR count). The highest BCUT2D eigenvalue weighted by Gasteiger charge is 2.36. The number of nitrogens with one attached hydrogen (secondary N) is 1. The van der Waals surface area contributed by atoms with E-state index in [4.69, 9.17) is 5.11 Å². The number of hydrogen-bond donors (Lipinski definition) is 2. The lowest BCUT2D eigenvalue weighted by atomic mass is 10.0. The number of aliphatic carboxylic acids is 1. The highest BCUT2D eigenvalue weighted by Crippen LogP contribution is 2.14. The van der Waals surface area contributed by atoms with Crippen LogP contribution in [0.1, 0.15) is 20.8 Å². The molecule has 0 aliphatic rings. The van der Waals surface area contributed by atoms with E-state index >= 15 is 0 Å². The standard InChI is InChI=1S/C11H23N3O5S/c1-6-14(11(2,3)9(15)16)10(17)12-7-8-20(18,19)13(4)5/h6-8H2,1-5H3,(H,12,17)(H,15,16). The predicted molar refractivity (Wildman–Crippen MR) is 75.0 cm³/mol. The topological polar surface area (TPSA) is 107 Å². The lowest BCUT2D eigenvalue weighted by Crippen LogP contribution is -2.56. The van der Waals surface area contributed by atoms with E-state index in [0.29, 0.717) is 0 Å². The van der Waals surface area contributed by atoms with Crippen molar-refractivity contribution in [2.45, 2.75) is 26.3 Å². The Morgan fingerprint density at radius 1 is 1.25 bits per heavy atom. The van der Waals surface area contributed by atoms with Gasteiger partial charge in [-0.15, -0.1) is 0 Å². The van der Waals surface area contributed by atoms with Crippen LogP contribution in [0.15, 0.2) is 0 Å². The molecule has 0 unspecified atom stereocenters. The average molecular weight is 309 g/mol. The number of carbonyl (C=O) groups is 2. The van der Waals surface area contributed by atoms with Crippen LogP contribution in [0.2, 0.25) is 0 Å². The van der Waals surface area contributed by atoms with Gasteiger partial charge in [0.2, 0.25) is 10.0 Å². The molecule has 2 amide bonds. The minimum absolute atomic E-state index is 0.0778. The molecule has 118 valence electrons. The molecule has 2 N–H and O–H groups in total. The summed E-state index contributed by atoms with van der Waals surface area (Å²) in [5.74, 6) is -1.37. The van der Waals surface area contributed by atoms with Crippen LogP contribution in [0.5, 0.6) is 0 Å². The van der Waals surface area contributed by atoms with Crippen molar-refractivity contribution in [2.24, 2.45) is 0 Å². The lowest BCUT2D eigenvalue weighted by molar-refractivity contribution is -0.147. The van der Waals surface area contributed by atoms with Gasteiger partial charge in [-0.25, -0.2) is 22.3 Å². The number of carboxylic acids is 1. The van der Waals surface area contributed by atoms with Crippen molar-refractivity contribution in [3.63, 3.8) is 0 Å². The molecular formula is C11H23N3O5S. The van der Waals surface area contributed by atoms with E-state index in [0.717, 1.165) is 9.21 Å². The van der Waals surface area contributed by atoms with Crippen LogP contribution < -0.4 is 5.32 Å². The van der Waals surface area contributed by atoms with Gasteiger partial charge in [0.15, 0.2) is 0 Å². The first kappa shape index (κ1) is 18.7. The van der Waals surface area contributed by atoms with Crippen molar-refractivity contribution in [3.8, 4) is 0 Å². The molecule has 0 aliphatic carbocycles. The zero-order valence-electron chi connectivity index (χ0n) is 12.5. The van der Waals surface area contributed by atoms with Gasteiger partial charge in [-0.2, -0.15) is 0 Å². The van der Waals surface area contributed by atoms with Crippen LogP contribution in [0.4, 0.5) is 4.79 Å². The number of hydrogen-bond acceptors (Lipinski definition) is 4. The number of likely N-dealkylation sites (N-methyl/N-ethyl adjacent to an activating group) is 1. The lowest BCUT2D eigenvalue weighted by Gasteiger charge is -2.34. The summed E-state index contributed by atoms with van der Waals surface area (Å²) < 4.78 is 24.1. The summed E-state index contributed by atoms with van der Waals surface area (Å²) in [6.45, 7) is 4.60. The number of rotatable bonds is 7. The Hall–Kier alpha value is -1.35. The highest BCUT2D eigenvalue weighted by molar-refractivity contribution is 7.89. The molecule has 0 spiro atoms. The van der Waals surface area contributed by atoms with Crippen molar-refractivity contribution < 1.29 is 23.1 Å². The molecule has 0 aromatic carbocycles. The first-order chi connectivity index (χ1) is 8.96. The fourth-order valence-electron chi connectivity index (χ4n) is 1.47. The second kappa shape index (κ2) is 6.89. The first-order valence-corrected chi connectivity index (χ1v) is 7.76. The molecule has 8 nitrogen and oxygen atoms in total. The smallest absolute Gasteiger partial charge is 0.329 e. The van der Waals surface area contributed by atoms with E-state index in [1.807, 2.05) is 0 Å². The molecule has 0 bridgehead atoms. The van der Waals surface area contributed by atoms with E-state index in [-0.39, 0.29) is 18.8 Å². The summed E-state index contributed by atoms with van der Waals surface area (Å²) in [6, 6.07) is -0.603. The van der Waals surface area contributed by atoms with E-state index in [2.05, 4.69) is 5.32 Å². The fourth-order valence-corrected chi connectivity index (χ4v) is 2.20. The van der Waals surface area contributed by atoms with Gasteiger partial charge >= 0.3 is 12.0 Å². The monoisotopic (exact) mass is 309 g/mol. The van der Waals surface area contributed by atoms with Gasteiger partial charge in [-0.1, -0.05) is 0 Å². The summed E-state index contributed by atoms with van der Waals surface area (Å²) >= 11 is 0. The zero-order valence-corrected chi connectivity index (χ0v) is 13.3. The van der Waals surface area contributed by atoms with Crippen molar-refractivity contribution in [3.05, 3.63) is 0 Å². The zero-order chi connectivity index (χ0) is 16.1. The molecule has 0 aromatic rings. The number of amides is 2. The van der Waals surface area contributed by atoms with E-state index in [9.17, 15) is 18.0 Å². The fraction of sp³-hybridized carbons (Fsp3) is 0.818. The quantitative estimate of drug-likeness (QED) is 0.675. The van der Waals surface area contributed by atoms with Crippen LogP contribution in [0, 0.1) is 0 Å². The number of sulfonamides is 1. The van der Waals surface area contributed by atoms with Crippen LogP contribution in [0.25, 0.3) is 0 Å². The Labute approximate surface area is 119 Å². The van der Waals surface area contributed by atoms with Gasteiger partial charge in [0, 0.05) is 27.2 Å². The van der Waals surface area contributed by atoms with Crippen molar-refractivity contribution in [2.75, 3.05) is 32.9 Å². The molecule has 0 saturated heterocycles. The minimum atomic E-state index is -3.39. The Balaban J connectivity index is 4.65. The van der Waals surface area contributed by atoms with Crippen LogP contribution >= 0.6 is 0 Å². The van der Waals surface area contributed by atoms with Gasteiger partial charge < -0.3 is 15.3 Å². The molecule has 0 heterocycles. The Kier molecular flexibility index (Phi) is 6.42. The SMILES string of the molecule is CCN(C(=O)NCCS(=O)(=O)N(C)C)C(C)(C)C(=O)O. The predicted octanol–water partition coefficient (Wildman–Crippen LogP) is -0.227. The van der Waals surface area contributed by atoms with E-state index < -0.39 is 27.6 Å². The van der Waals surface area contributed by atoms with Crippen molar-refractivity contribution in [1.29, 1.82) is 0 Å². The van der Waals surface area contributed by atoms with Gasteiger partial charge in [0.25, 0.3) is 0 Å².